The van der Waals surface area contributed by atoms with Crippen LogP contribution in [-0.2, 0) is 19.3 Å². The van der Waals surface area contributed by atoms with E-state index in [-0.39, 0.29) is 5.91 Å². The topological polar surface area (TPSA) is 76.1 Å². The summed E-state index contributed by atoms with van der Waals surface area (Å²) in [6.07, 6.45) is 5.55. The molecule has 0 aliphatic heterocycles. The largest absolute Gasteiger partial charge is 0.497 e. The Morgan fingerprint density at radius 3 is 2.69 bits per heavy atom. The first kappa shape index (κ1) is 19.6. The van der Waals surface area contributed by atoms with Crippen molar-refractivity contribution in [3.8, 4) is 5.75 Å². The van der Waals surface area contributed by atoms with Crippen molar-refractivity contribution >= 4 is 33.3 Å². The summed E-state index contributed by atoms with van der Waals surface area (Å²) >= 11 is 1.82. The van der Waals surface area contributed by atoms with E-state index >= 15 is 0 Å². The molecule has 0 saturated heterocycles. The van der Waals surface area contributed by atoms with E-state index in [4.69, 9.17) is 14.7 Å². The van der Waals surface area contributed by atoms with Crippen LogP contribution in [0.4, 0.5) is 5.82 Å². The van der Waals surface area contributed by atoms with Gasteiger partial charge in [-0.2, -0.15) is 0 Å². The minimum Gasteiger partial charge on any atom is -0.497 e. The van der Waals surface area contributed by atoms with Gasteiger partial charge in [-0.3, -0.25) is 4.79 Å². The Morgan fingerprint density at radius 1 is 1.14 bits per heavy atom. The maximum absolute atomic E-state index is 12.3. The molecule has 2 heterocycles. The van der Waals surface area contributed by atoms with Crippen LogP contribution in [0, 0.1) is 0 Å². The van der Waals surface area contributed by atoms with Crippen LogP contribution in [0.15, 0.2) is 24.3 Å². The van der Waals surface area contributed by atoms with Gasteiger partial charge in [0.1, 0.15) is 22.2 Å². The summed E-state index contributed by atoms with van der Waals surface area (Å²) in [6, 6.07) is 7.11. The van der Waals surface area contributed by atoms with Gasteiger partial charge in [-0.15, -0.1) is 11.3 Å². The number of fused-ring (bicyclic) bond motifs is 3. The Labute approximate surface area is 174 Å². The lowest BCUT2D eigenvalue weighted by atomic mass is 9.97. The van der Waals surface area contributed by atoms with Crippen molar-refractivity contribution in [1.82, 2.24) is 15.3 Å². The molecule has 2 aromatic heterocycles. The third-order valence-corrected chi connectivity index (χ3v) is 6.42. The van der Waals surface area contributed by atoms with E-state index in [1.807, 2.05) is 11.3 Å². The first-order chi connectivity index (χ1) is 14.2. The SMILES string of the molecule is CCc1nc(NCCNC(=O)c2ccc(OC)cc2)c2c3c(sc2n1)CCCC3. The van der Waals surface area contributed by atoms with E-state index in [1.54, 1.807) is 31.4 Å². The lowest BCUT2D eigenvalue weighted by molar-refractivity contribution is 0.0955. The molecule has 152 valence electrons. The summed E-state index contributed by atoms with van der Waals surface area (Å²) in [4.78, 5) is 24.4. The smallest absolute Gasteiger partial charge is 0.251 e. The maximum atomic E-state index is 12.3. The molecule has 1 aromatic carbocycles. The number of carbonyl (C=O) groups excluding carboxylic acids is 1. The van der Waals surface area contributed by atoms with E-state index in [2.05, 4.69) is 17.6 Å². The number of nitrogens with zero attached hydrogens (tertiary/aromatic N) is 2. The number of carbonyl (C=O) groups is 1. The van der Waals surface area contributed by atoms with Gasteiger partial charge in [-0.25, -0.2) is 9.97 Å². The van der Waals surface area contributed by atoms with Gasteiger partial charge in [0.2, 0.25) is 0 Å². The van der Waals surface area contributed by atoms with E-state index in [9.17, 15) is 4.79 Å². The number of hydrogen-bond acceptors (Lipinski definition) is 6. The van der Waals surface area contributed by atoms with Crippen LogP contribution in [0.25, 0.3) is 10.2 Å². The molecule has 0 bridgehead atoms. The number of methoxy groups -OCH3 is 1. The van der Waals surface area contributed by atoms with E-state index in [0.29, 0.717) is 18.7 Å². The van der Waals surface area contributed by atoms with Crippen LogP contribution < -0.4 is 15.4 Å². The number of benzene rings is 1. The molecule has 0 unspecified atom stereocenters. The van der Waals surface area contributed by atoms with E-state index in [0.717, 1.165) is 41.5 Å². The molecule has 0 atom stereocenters. The normalized spacial score (nSPS) is 13.2. The van der Waals surface area contributed by atoms with Crippen molar-refractivity contribution in [3.63, 3.8) is 0 Å². The molecule has 7 heteroatoms. The van der Waals surface area contributed by atoms with Crippen molar-refractivity contribution in [2.24, 2.45) is 0 Å². The summed E-state index contributed by atoms with van der Waals surface area (Å²) < 4.78 is 5.13. The molecule has 6 nitrogen and oxygen atoms in total. The van der Waals surface area contributed by atoms with Gasteiger partial charge in [0, 0.05) is 30.0 Å². The first-order valence-corrected chi connectivity index (χ1v) is 11.0. The van der Waals surface area contributed by atoms with Gasteiger partial charge >= 0.3 is 0 Å². The summed E-state index contributed by atoms with van der Waals surface area (Å²) in [5, 5.41) is 7.58. The average molecular weight is 411 g/mol. The number of thiophene rings is 1. The lowest BCUT2D eigenvalue weighted by Crippen LogP contribution is -2.29. The average Bonchev–Trinajstić information content (AvgIpc) is 3.15. The Bertz CT molecular complexity index is 1010. The molecule has 0 fully saturated rings. The molecule has 0 spiro atoms. The zero-order chi connectivity index (χ0) is 20.2. The Hall–Kier alpha value is -2.67. The molecule has 1 amide bonds. The number of amides is 1. The second-order valence-electron chi connectivity index (χ2n) is 7.14. The number of aromatic nitrogens is 2. The third kappa shape index (κ3) is 4.19. The van der Waals surface area contributed by atoms with Gasteiger partial charge in [-0.05, 0) is 55.5 Å². The minimum atomic E-state index is -0.0931. The zero-order valence-corrected chi connectivity index (χ0v) is 17.7. The second-order valence-corrected chi connectivity index (χ2v) is 8.23. The van der Waals surface area contributed by atoms with Gasteiger partial charge in [-0.1, -0.05) is 6.92 Å². The summed E-state index contributed by atoms with van der Waals surface area (Å²) in [6.45, 7) is 3.21. The molecular formula is C22H26N4O2S. The molecule has 1 aliphatic carbocycles. The first-order valence-electron chi connectivity index (χ1n) is 10.2. The van der Waals surface area contributed by atoms with Crippen molar-refractivity contribution in [1.29, 1.82) is 0 Å². The standard InChI is InChI=1S/C22H26N4O2S/c1-3-18-25-20(19-16-6-4-5-7-17(16)29-22(19)26-18)23-12-13-24-21(27)14-8-10-15(28-2)11-9-14/h8-11H,3-7,12-13H2,1-2H3,(H,24,27)(H,23,25,26). The number of nitrogens with one attached hydrogen (secondary N) is 2. The molecule has 1 aliphatic rings. The minimum absolute atomic E-state index is 0.0931. The molecule has 3 aromatic rings. The highest BCUT2D eigenvalue weighted by molar-refractivity contribution is 7.19. The van der Waals surface area contributed by atoms with Crippen LogP contribution >= 0.6 is 11.3 Å². The maximum Gasteiger partial charge on any atom is 0.251 e. The van der Waals surface area contributed by atoms with Crippen LogP contribution in [-0.4, -0.2) is 36.1 Å². The third-order valence-electron chi connectivity index (χ3n) is 5.23. The lowest BCUT2D eigenvalue weighted by Gasteiger charge is -2.13. The number of rotatable bonds is 7. The van der Waals surface area contributed by atoms with Crippen LogP contribution in [0.2, 0.25) is 0 Å². The number of aryl methyl sites for hydroxylation is 3. The van der Waals surface area contributed by atoms with E-state index < -0.39 is 0 Å². The highest BCUT2D eigenvalue weighted by Gasteiger charge is 2.20. The quantitative estimate of drug-likeness (QED) is 0.576. The molecule has 0 radical (unpaired) electrons. The van der Waals surface area contributed by atoms with Crippen LogP contribution in [0.3, 0.4) is 0 Å². The molecule has 2 N–H and O–H groups in total. The van der Waals surface area contributed by atoms with Crippen molar-refractivity contribution < 1.29 is 9.53 Å². The zero-order valence-electron chi connectivity index (χ0n) is 16.9. The fraction of sp³-hybridized carbons (Fsp3) is 0.409. The summed E-state index contributed by atoms with van der Waals surface area (Å²) in [7, 11) is 1.61. The molecule has 4 rings (SSSR count). The highest BCUT2D eigenvalue weighted by atomic mass is 32.1. The highest BCUT2D eigenvalue weighted by Crippen LogP contribution is 2.38. The predicted octanol–water partition coefficient (Wildman–Crippen LogP) is 3.98. The number of anilines is 1. The fourth-order valence-electron chi connectivity index (χ4n) is 3.69. The monoisotopic (exact) mass is 410 g/mol. The molecule has 29 heavy (non-hydrogen) atoms. The Morgan fingerprint density at radius 2 is 1.93 bits per heavy atom. The molecular weight excluding hydrogens is 384 g/mol. The summed E-state index contributed by atoms with van der Waals surface area (Å²) in [5.74, 6) is 2.41. The Balaban J connectivity index is 1.43. The molecule has 0 saturated carbocycles. The fourth-order valence-corrected chi connectivity index (χ4v) is 4.97. The second kappa shape index (κ2) is 8.78. The Kier molecular flexibility index (Phi) is 5.94. The van der Waals surface area contributed by atoms with Crippen molar-refractivity contribution in [2.45, 2.75) is 39.0 Å². The van der Waals surface area contributed by atoms with Crippen LogP contribution in [0.1, 0.15) is 46.4 Å². The number of ether oxygens (including phenoxy) is 1. The van der Waals surface area contributed by atoms with Gasteiger partial charge in [0.25, 0.3) is 5.91 Å². The van der Waals surface area contributed by atoms with Gasteiger partial charge < -0.3 is 15.4 Å². The van der Waals surface area contributed by atoms with Gasteiger partial charge in [0.05, 0.1) is 12.5 Å². The predicted molar refractivity (Wildman–Crippen MR) is 117 cm³/mol. The van der Waals surface area contributed by atoms with Crippen molar-refractivity contribution in [2.75, 3.05) is 25.5 Å². The van der Waals surface area contributed by atoms with Crippen LogP contribution in [0.5, 0.6) is 5.75 Å². The number of hydrogen-bond donors (Lipinski definition) is 2. The van der Waals surface area contributed by atoms with Gasteiger partial charge in [0.15, 0.2) is 0 Å². The summed E-state index contributed by atoms with van der Waals surface area (Å²) in [5.41, 5.74) is 2.04. The van der Waals surface area contributed by atoms with E-state index in [1.165, 1.54) is 28.7 Å². The van der Waals surface area contributed by atoms with Crippen molar-refractivity contribution in [3.05, 3.63) is 46.1 Å².